The van der Waals surface area contributed by atoms with Gasteiger partial charge in [-0.05, 0) is 50.1 Å². The average Bonchev–Trinajstić information content (AvgIpc) is 3.04. The van der Waals surface area contributed by atoms with E-state index in [2.05, 4.69) is 22.8 Å². The molecule has 0 bridgehead atoms. The van der Waals surface area contributed by atoms with E-state index in [1.54, 1.807) is 12.1 Å². The van der Waals surface area contributed by atoms with Gasteiger partial charge in [0.2, 0.25) is 0 Å². The van der Waals surface area contributed by atoms with E-state index in [9.17, 15) is 0 Å². The first kappa shape index (κ1) is 17.7. The molecule has 4 rings (SSSR count). The summed E-state index contributed by atoms with van der Waals surface area (Å²) >= 11 is 12.3. The Kier molecular flexibility index (Phi) is 5.10. The molecular weight excluding hydrogens is 367 g/mol. The molecule has 1 saturated carbocycles. The summed E-state index contributed by atoms with van der Waals surface area (Å²) in [5.74, 6) is 1.59. The van der Waals surface area contributed by atoms with Crippen LogP contribution in [0.4, 0.5) is 0 Å². The van der Waals surface area contributed by atoms with Crippen LogP contribution in [0.3, 0.4) is 0 Å². The first-order valence-electron chi connectivity index (χ1n) is 9.22. The SMILES string of the molecule is C[C@H](Oc1ccc(Cl)cc1Cl)c1nc2ccccc2n1C1CCCCC1. The van der Waals surface area contributed by atoms with Gasteiger partial charge in [0.15, 0.2) is 11.9 Å². The third-order valence-corrected chi connectivity index (χ3v) is 5.65. The summed E-state index contributed by atoms with van der Waals surface area (Å²) in [4.78, 5) is 4.90. The summed E-state index contributed by atoms with van der Waals surface area (Å²) in [7, 11) is 0. The molecule has 1 aliphatic rings. The van der Waals surface area contributed by atoms with Gasteiger partial charge in [0.25, 0.3) is 0 Å². The quantitative estimate of drug-likeness (QED) is 0.481. The number of hydrogen-bond acceptors (Lipinski definition) is 2. The Balaban J connectivity index is 1.72. The zero-order valence-electron chi connectivity index (χ0n) is 14.8. The van der Waals surface area contributed by atoms with E-state index in [1.165, 1.54) is 37.6 Å². The molecule has 3 aromatic rings. The van der Waals surface area contributed by atoms with Crippen molar-refractivity contribution in [2.45, 2.75) is 51.2 Å². The lowest BCUT2D eigenvalue weighted by Gasteiger charge is -2.27. The van der Waals surface area contributed by atoms with Crippen molar-refractivity contribution in [3.63, 3.8) is 0 Å². The van der Waals surface area contributed by atoms with Gasteiger partial charge in [0.05, 0.1) is 16.1 Å². The fourth-order valence-electron chi connectivity index (χ4n) is 3.89. The molecular formula is C21H22Cl2N2O. The molecule has 0 unspecified atom stereocenters. The zero-order valence-corrected chi connectivity index (χ0v) is 16.3. The van der Waals surface area contributed by atoms with E-state index >= 15 is 0 Å². The molecule has 0 spiro atoms. The fraction of sp³-hybridized carbons (Fsp3) is 0.381. The van der Waals surface area contributed by atoms with Gasteiger partial charge in [-0.1, -0.05) is 54.6 Å². The summed E-state index contributed by atoms with van der Waals surface area (Å²) in [5.41, 5.74) is 2.21. The Bertz CT molecular complexity index is 916. The van der Waals surface area contributed by atoms with E-state index in [0.717, 1.165) is 11.3 Å². The highest BCUT2D eigenvalue weighted by Gasteiger charge is 2.25. The molecule has 0 radical (unpaired) electrons. The predicted octanol–water partition coefficient (Wildman–Crippen LogP) is 6.99. The molecule has 1 fully saturated rings. The van der Waals surface area contributed by atoms with Crippen LogP contribution in [0.1, 0.15) is 57.0 Å². The third kappa shape index (κ3) is 3.43. The van der Waals surface area contributed by atoms with Gasteiger partial charge in [-0.25, -0.2) is 4.98 Å². The minimum atomic E-state index is -0.206. The lowest BCUT2D eigenvalue weighted by molar-refractivity contribution is 0.204. The molecule has 3 nitrogen and oxygen atoms in total. The number of hydrogen-bond donors (Lipinski definition) is 0. The summed E-state index contributed by atoms with van der Waals surface area (Å²) in [6.45, 7) is 2.03. The van der Waals surface area contributed by atoms with Crippen LogP contribution in [0.2, 0.25) is 10.0 Å². The first-order chi connectivity index (χ1) is 12.6. The average molecular weight is 389 g/mol. The molecule has 0 aliphatic heterocycles. The Morgan fingerprint density at radius 1 is 1.08 bits per heavy atom. The van der Waals surface area contributed by atoms with Crippen molar-refractivity contribution in [3.05, 3.63) is 58.3 Å². The summed E-state index contributed by atoms with van der Waals surface area (Å²) < 4.78 is 8.57. The maximum Gasteiger partial charge on any atom is 0.154 e. The van der Waals surface area contributed by atoms with Crippen LogP contribution in [0.5, 0.6) is 5.75 Å². The van der Waals surface area contributed by atoms with Crippen LogP contribution >= 0.6 is 23.2 Å². The maximum absolute atomic E-state index is 6.29. The molecule has 0 saturated heterocycles. The first-order valence-corrected chi connectivity index (χ1v) is 9.97. The van der Waals surface area contributed by atoms with E-state index in [-0.39, 0.29) is 6.10 Å². The Hall–Kier alpha value is -1.71. The highest BCUT2D eigenvalue weighted by Crippen LogP contribution is 2.36. The normalized spacial score (nSPS) is 16.7. The molecule has 0 N–H and O–H groups in total. The topological polar surface area (TPSA) is 27.1 Å². The Labute approximate surface area is 163 Å². The number of nitrogens with zero attached hydrogens (tertiary/aromatic N) is 2. The number of imidazole rings is 1. The van der Waals surface area contributed by atoms with Crippen LogP contribution < -0.4 is 4.74 Å². The molecule has 0 amide bonds. The van der Waals surface area contributed by atoms with Crippen molar-refractivity contribution in [3.8, 4) is 5.75 Å². The van der Waals surface area contributed by atoms with Crippen molar-refractivity contribution in [1.29, 1.82) is 0 Å². The number of ether oxygens (including phenoxy) is 1. The zero-order chi connectivity index (χ0) is 18.1. The summed E-state index contributed by atoms with van der Waals surface area (Å²) in [6, 6.07) is 14.1. The van der Waals surface area contributed by atoms with Crippen LogP contribution in [-0.2, 0) is 0 Å². The summed E-state index contributed by atoms with van der Waals surface area (Å²) in [5, 5.41) is 1.12. The fourth-order valence-corrected chi connectivity index (χ4v) is 4.34. The minimum absolute atomic E-state index is 0.206. The minimum Gasteiger partial charge on any atom is -0.481 e. The maximum atomic E-state index is 6.29. The van der Waals surface area contributed by atoms with Crippen molar-refractivity contribution < 1.29 is 4.74 Å². The molecule has 26 heavy (non-hydrogen) atoms. The number of halogens is 2. The molecule has 1 aliphatic carbocycles. The van der Waals surface area contributed by atoms with E-state index < -0.39 is 0 Å². The standard InChI is InChI=1S/C21H22Cl2N2O/c1-14(26-20-12-11-15(22)13-17(20)23)21-24-18-9-5-6-10-19(18)25(21)16-7-3-2-4-8-16/h5-6,9-14,16H,2-4,7-8H2,1H3/t14-/m0/s1. The van der Waals surface area contributed by atoms with Gasteiger partial charge in [0, 0.05) is 11.1 Å². The van der Waals surface area contributed by atoms with Crippen LogP contribution in [0.25, 0.3) is 11.0 Å². The Morgan fingerprint density at radius 2 is 1.85 bits per heavy atom. The largest absolute Gasteiger partial charge is 0.481 e. The third-order valence-electron chi connectivity index (χ3n) is 5.12. The van der Waals surface area contributed by atoms with Gasteiger partial charge in [-0.2, -0.15) is 0 Å². The monoisotopic (exact) mass is 388 g/mol. The molecule has 1 atom stereocenters. The lowest BCUT2D eigenvalue weighted by Crippen LogP contribution is -2.19. The number of rotatable bonds is 4. The number of para-hydroxylation sites is 2. The lowest BCUT2D eigenvalue weighted by atomic mass is 9.95. The number of benzene rings is 2. The highest BCUT2D eigenvalue weighted by atomic mass is 35.5. The molecule has 2 aromatic carbocycles. The van der Waals surface area contributed by atoms with Crippen molar-refractivity contribution >= 4 is 34.2 Å². The van der Waals surface area contributed by atoms with Crippen molar-refractivity contribution in [2.24, 2.45) is 0 Å². The van der Waals surface area contributed by atoms with Crippen molar-refractivity contribution in [2.75, 3.05) is 0 Å². The molecule has 1 heterocycles. The Morgan fingerprint density at radius 3 is 2.62 bits per heavy atom. The smallest absolute Gasteiger partial charge is 0.154 e. The number of aromatic nitrogens is 2. The predicted molar refractivity (Wildman–Crippen MR) is 107 cm³/mol. The second-order valence-electron chi connectivity index (χ2n) is 6.96. The molecule has 1 aromatic heterocycles. The summed E-state index contributed by atoms with van der Waals surface area (Å²) in [6.07, 6.45) is 6.06. The molecule has 5 heteroatoms. The van der Waals surface area contributed by atoms with E-state index in [0.29, 0.717) is 21.8 Å². The van der Waals surface area contributed by atoms with Gasteiger partial charge < -0.3 is 9.30 Å². The molecule has 136 valence electrons. The second-order valence-corrected chi connectivity index (χ2v) is 7.80. The van der Waals surface area contributed by atoms with E-state index in [1.807, 2.05) is 19.1 Å². The van der Waals surface area contributed by atoms with Crippen LogP contribution in [-0.4, -0.2) is 9.55 Å². The van der Waals surface area contributed by atoms with E-state index in [4.69, 9.17) is 32.9 Å². The van der Waals surface area contributed by atoms with Crippen LogP contribution in [0.15, 0.2) is 42.5 Å². The van der Waals surface area contributed by atoms with Crippen LogP contribution in [0, 0.1) is 0 Å². The van der Waals surface area contributed by atoms with Gasteiger partial charge in [-0.3, -0.25) is 0 Å². The highest BCUT2D eigenvalue weighted by molar-refractivity contribution is 6.35. The van der Waals surface area contributed by atoms with Gasteiger partial charge in [-0.15, -0.1) is 0 Å². The van der Waals surface area contributed by atoms with Gasteiger partial charge in [0.1, 0.15) is 5.75 Å². The van der Waals surface area contributed by atoms with Crippen molar-refractivity contribution in [1.82, 2.24) is 9.55 Å². The second kappa shape index (κ2) is 7.50. The number of fused-ring (bicyclic) bond motifs is 1. The van der Waals surface area contributed by atoms with Gasteiger partial charge >= 0.3 is 0 Å².